The van der Waals surface area contributed by atoms with E-state index in [1.807, 2.05) is 23.6 Å². The van der Waals surface area contributed by atoms with E-state index in [9.17, 15) is 0 Å². The van der Waals surface area contributed by atoms with Crippen molar-refractivity contribution in [1.29, 1.82) is 0 Å². The van der Waals surface area contributed by atoms with Crippen molar-refractivity contribution in [3.63, 3.8) is 0 Å². The number of aryl methyl sites for hydroxylation is 1. The third-order valence-electron chi connectivity index (χ3n) is 3.66. The van der Waals surface area contributed by atoms with Gasteiger partial charge in [-0.2, -0.15) is 0 Å². The molecule has 0 bridgehead atoms. The second-order valence-electron chi connectivity index (χ2n) is 5.18. The molecule has 2 aromatic rings. The molecule has 1 saturated heterocycles. The Morgan fingerprint density at radius 2 is 2.10 bits per heavy atom. The van der Waals surface area contributed by atoms with E-state index in [2.05, 4.69) is 34.3 Å². The fourth-order valence-electron chi connectivity index (χ4n) is 2.59. The Kier molecular flexibility index (Phi) is 4.22. The molecule has 1 aromatic carbocycles. The minimum Gasteiger partial charge on any atom is -0.383 e. The summed E-state index contributed by atoms with van der Waals surface area (Å²) < 4.78 is 0. The third kappa shape index (κ3) is 3.25. The van der Waals surface area contributed by atoms with Crippen LogP contribution in [0.2, 0.25) is 0 Å². The molecule has 0 amide bonds. The minimum absolute atomic E-state index is 0.583. The Balaban J connectivity index is 1.82. The van der Waals surface area contributed by atoms with Crippen LogP contribution in [-0.4, -0.2) is 32.0 Å². The zero-order valence-electron chi connectivity index (χ0n) is 12.2. The van der Waals surface area contributed by atoms with Crippen LogP contribution >= 0.6 is 11.3 Å². The number of nitrogens with zero attached hydrogens (tertiary/aromatic N) is 2. The maximum absolute atomic E-state index is 6.04. The number of hydrogen-bond acceptors (Lipinski definition) is 4. The van der Waals surface area contributed by atoms with Crippen LogP contribution in [0.1, 0.15) is 10.4 Å². The van der Waals surface area contributed by atoms with Crippen molar-refractivity contribution >= 4 is 28.5 Å². The van der Waals surface area contributed by atoms with Crippen LogP contribution in [0.3, 0.4) is 0 Å². The summed E-state index contributed by atoms with van der Waals surface area (Å²) in [5, 5.41) is 5.39. The molecule has 3 N–H and O–H groups in total. The van der Waals surface area contributed by atoms with E-state index in [1.54, 1.807) is 11.3 Å². The lowest BCUT2D eigenvalue weighted by molar-refractivity contribution is 0.588. The molecular formula is C16H20N4S. The van der Waals surface area contributed by atoms with E-state index in [0.717, 1.165) is 36.7 Å². The Labute approximate surface area is 129 Å². The van der Waals surface area contributed by atoms with Gasteiger partial charge in [-0.1, -0.05) is 6.07 Å². The first-order valence-corrected chi connectivity index (χ1v) is 8.06. The third-order valence-corrected chi connectivity index (χ3v) is 4.55. The summed E-state index contributed by atoms with van der Waals surface area (Å²) >= 11 is 1.61. The van der Waals surface area contributed by atoms with Crippen molar-refractivity contribution < 1.29 is 0 Å². The van der Waals surface area contributed by atoms with Crippen LogP contribution in [0, 0.1) is 6.92 Å². The normalized spacial score (nSPS) is 16.2. The number of rotatable bonds is 3. The molecule has 0 spiro atoms. The van der Waals surface area contributed by atoms with Crippen LogP contribution < -0.4 is 16.0 Å². The monoisotopic (exact) mass is 300 g/mol. The topological polar surface area (TPSA) is 53.6 Å². The van der Waals surface area contributed by atoms with Gasteiger partial charge >= 0.3 is 0 Å². The summed E-state index contributed by atoms with van der Waals surface area (Å²) in [4.78, 5) is 7.95. The number of hydrogen-bond donors (Lipinski definition) is 2. The Hall–Kier alpha value is -1.85. The number of nitrogens with two attached hydrogens (primary N) is 1. The van der Waals surface area contributed by atoms with Crippen LogP contribution in [0.25, 0.3) is 0 Å². The van der Waals surface area contributed by atoms with Crippen LogP contribution in [0.15, 0.2) is 40.7 Å². The van der Waals surface area contributed by atoms with Crippen molar-refractivity contribution in [2.24, 2.45) is 10.7 Å². The molecular weight excluding hydrogens is 280 g/mol. The van der Waals surface area contributed by atoms with Crippen LogP contribution in [0.5, 0.6) is 0 Å². The highest BCUT2D eigenvalue weighted by atomic mass is 32.1. The van der Waals surface area contributed by atoms with E-state index >= 15 is 0 Å². The Bertz CT molecular complexity index is 628. The molecule has 0 radical (unpaired) electrons. The van der Waals surface area contributed by atoms with Crippen LogP contribution in [-0.2, 0) is 0 Å². The quantitative estimate of drug-likeness (QED) is 0.676. The summed E-state index contributed by atoms with van der Waals surface area (Å²) in [5.74, 6) is 0.583. The maximum Gasteiger partial charge on any atom is 0.141 e. The summed E-state index contributed by atoms with van der Waals surface area (Å²) in [7, 11) is 0. The predicted octanol–water partition coefficient (Wildman–Crippen LogP) is 2.50. The van der Waals surface area contributed by atoms with E-state index in [-0.39, 0.29) is 0 Å². The van der Waals surface area contributed by atoms with Crippen molar-refractivity contribution in [1.82, 2.24) is 5.32 Å². The van der Waals surface area contributed by atoms with Gasteiger partial charge in [0.2, 0.25) is 0 Å². The fraction of sp³-hybridized carbons (Fsp3) is 0.312. The summed E-state index contributed by atoms with van der Waals surface area (Å²) in [6.45, 7) is 6.34. The summed E-state index contributed by atoms with van der Waals surface area (Å²) in [5.41, 5.74) is 9.50. The molecule has 0 atom stereocenters. The van der Waals surface area contributed by atoms with Crippen molar-refractivity contribution in [2.75, 3.05) is 31.1 Å². The SMILES string of the molecule is Cc1cc(/N=C(\N)c2cccs2)ccc1N1CCNCC1. The number of piperazine rings is 1. The van der Waals surface area contributed by atoms with Crippen molar-refractivity contribution in [2.45, 2.75) is 6.92 Å². The van der Waals surface area contributed by atoms with E-state index in [1.165, 1.54) is 11.3 Å². The molecule has 0 aliphatic carbocycles. The summed E-state index contributed by atoms with van der Waals surface area (Å²) in [6.07, 6.45) is 0. The standard InChI is InChI=1S/C16H20N4S/c1-12-11-13(19-16(17)15-3-2-10-21-15)4-5-14(12)20-8-6-18-7-9-20/h2-5,10-11,18H,6-9H2,1H3,(H2,17,19). The predicted molar refractivity (Wildman–Crippen MR) is 91.0 cm³/mol. The van der Waals surface area contributed by atoms with Gasteiger partial charge in [0.15, 0.2) is 0 Å². The molecule has 1 aliphatic heterocycles. The summed E-state index contributed by atoms with van der Waals surface area (Å²) in [6, 6.07) is 10.3. The lowest BCUT2D eigenvalue weighted by atomic mass is 10.1. The molecule has 21 heavy (non-hydrogen) atoms. The lowest BCUT2D eigenvalue weighted by Crippen LogP contribution is -2.43. The minimum atomic E-state index is 0.583. The van der Waals surface area contributed by atoms with Crippen molar-refractivity contribution in [3.8, 4) is 0 Å². The molecule has 3 rings (SSSR count). The first kappa shape index (κ1) is 14.1. The number of anilines is 1. The molecule has 2 heterocycles. The van der Waals surface area contributed by atoms with Gasteiger partial charge in [0, 0.05) is 31.9 Å². The highest BCUT2D eigenvalue weighted by Gasteiger charge is 2.12. The Morgan fingerprint density at radius 3 is 2.76 bits per heavy atom. The molecule has 0 saturated carbocycles. The highest BCUT2D eigenvalue weighted by molar-refractivity contribution is 7.12. The van der Waals surface area contributed by atoms with Gasteiger partial charge in [-0.05, 0) is 42.1 Å². The molecule has 1 aromatic heterocycles. The number of benzene rings is 1. The fourth-order valence-corrected chi connectivity index (χ4v) is 3.22. The molecule has 4 nitrogen and oxygen atoms in total. The zero-order chi connectivity index (χ0) is 14.7. The average Bonchev–Trinajstić information content (AvgIpc) is 3.02. The highest BCUT2D eigenvalue weighted by Crippen LogP contribution is 2.26. The second-order valence-corrected chi connectivity index (χ2v) is 6.13. The Morgan fingerprint density at radius 1 is 1.29 bits per heavy atom. The van der Waals surface area contributed by atoms with Gasteiger partial charge in [-0.3, -0.25) is 0 Å². The first-order valence-electron chi connectivity index (χ1n) is 7.18. The van der Waals surface area contributed by atoms with Gasteiger partial charge < -0.3 is 16.0 Å². The average molecular weight is 300 g/mol. The molecule has 1 fully saturated rings. The largest absolute Gasteiger partial charge is 0.383 e. The molecule has 1 aliphatic rings. The van der Waals surface area contributed by atoms with Crippen LogP contribution in [0.4, 0.5) is 11.4 Å². The van der Waals surface area contributed by atoms with E-state index < -0.39 is 0 Å². The van der Waals surface area contributed by atoms with E-state index in [4.69, 9.17) is 5.73 Å². The molecule has 110 valence electrons. The van der Waals surface area contributed by atoms with Gasteiger partial charge in [0.1, 0.15) is 5.84 Å². The lowest BCUT2D eigenvalue weighted by Gasteiger charge is -2.30. The first-order chi connectivity index (χ1) is 10.2. The smallest absolute Gasteiger partial charge is 0.141 e. The number of aliphatic imine (C=N–C) groups is 1. The van der Waals surface area contributed by atoms with Gasteiger partial charge in [0.05, 0.1) is 10.6 Å². The molecule has 0 unspecified atom stereocenters. The van der Waals surface area contributed by atoms with Crippen molar-refractivity contribution in [3.05, 3.63) is 46.2 Å². The zero-order valence-corrected chi connectivity index (χ0v) is 13.0. The molecule has 5 heteroatoms. The van der Waals surface area contributed by atoms with Gasteiger partial charge in [0.25, 0.3) is 0 Å². The maximum atomic E-state index is 6.04. The van der Waals surface area contributed by atoms with Gasteiger partial charge in [-0.25, -0.2) is 4.99 Å². The van der Waals surface area contributed by atoms with E-state index in [0.29, 0.717) is 5.84 Å². The number of thiophene rings is 1. The second kappa shape index (κ2) is 6.28. The van der Waals surface area contributed by atoms with Gasteiger partial charge in [-0.15, -0.1) is 11.3 Å². The number of nitrogens with one attached hydrogen (secondary N) is 1. The number of amidine groups is 1.